The van der Waals surface area contributed by atoms with Crippen molar-refractivity contribution in [2.24, 2.45) is 0 Å². The van der Waals surface area contributed by atoms with E-state index in [0.29, 0.717) is 0 Å². The molecule has 0 heterocycles. The summed E-state index contributed by atoms with van der Waals surface area (Å²) in [6, 6.07) is 0. The summed E-state index contributed by atoms with van der Waals surface area (Å²) in [5.41, 5.74) is 0. The molecule has 0 aromatic rings. The van der Waals surface area contributed by atoms with E-state index in [1.54, 1.807) is 0 Å². The minimum absolute atomic E-state index is 0.00694. The zero-order valence-corrected chi connectivity index (χ0v) is 5.82. The number of halogens is 2. The molecular formula is C3H7F2NO2S. The zero-order chi connectivity index (χ0) is 7.65. The highest BCUT2D eigenvalue weighted by atomic mass is 32.2. The molecule has 3 nitrogen and oxygen atoms in total. The first kappa shape index (κ1) is 8.77. The molecule has 0 bridgehead atoms. The molecule has 0 aliphatic heterocycles. The fourth-order valence-electron chi connectivity index (χ4n) is 0.145. The number of hydrogen-bond donors (Lipinski definition) is 0. The second kappa shape index (κ2) is 2.57. The lowest BCUT2D eigenvalue weighted by Gasteiger charge is -2.10. The molecule has 0 aromatic heterocycles. The van der Waals surface area contributed by atoms with E-state index < -0.39 is 16.6 Å². The van der Waals surface area contributed by atoms with Gasteiger partial charge in [0.15, 0.2) is 0 Å². The number of alkyl halides is 2. The van der Waals surface area contributed by atoms with Crippen molar-refractivity contribution in [3.05, 3.63) is 0 Å². The van der Waals surface area contributed by atoms with Crippen LogP contribution in [-0.2, 0) is 10.0 Å². The Morgan fingerprint density at radius 3 is 1.78 bits per heavy atom. The monoisotopic (exact) mass is 159 g/mol. The first-order valence-corrected chi connectivity index (χ1v) is 3.91. The van der Waals surface area contributed by atoms with Gasteiger partial charge in [-0.05, 0) is 0 Å². The average Bonchev–Trinajstić information content (AvgIpc) is 1.62. The molecule has 0 N–H and O–H groups in total. The molecule has 0 rings (SSSR count). The molecule has 6 heteroatoms. The van der Waals surface area contributed by atoms with Gasteiger partial charge in [0.25, 0.3) is 0 Å². The third-order valence-electron chi connectivity index (χ3n) is 0.798. The van der Waals surface area contributed by atoms with E-state index in [9.17, 15) is 17.2 Å². The number of hydrogen-bond acceptors (Lipinski definition) is 2. The maximum Gasteiger partial charge on any atom is 0.306 e. The van der Waals surface area contributed by atoms with Gasteiger partial charge in [0, 0.05) is 7.05 Å². The van der Waals surface area contributed by atoms with Crippen molar-refractivity contribution < 1.29 is 17.2 Å². The van der Waals surface area contributed by atoms with Crippen molar-refractivity contribution in [2.75, 3.05) is 13.3 Å². The van der Waals surface area contributed by atoms with Crippen LogP contribution in [0, 0.1) is 0 Å². The Balaban J connectivity index is 4.24. The van der Waals surface area contributed by atoms with Crippen LogP contribution in [0.2, 0.25) is 0 Å². The molecule has 0 aliphatic rings. The predicted octanol–water partition coefficient (Wildman–Crippen LogP) is 0.100. The fourth-order valence-corrected chi connectivity index (χ4v) is 0.434. The molecule has 0 amide bonds. The first-order chi connectivity index (χ1) is 3.85. The highest BCUT2D eigenvalue weighted by molar-refractivity contribution is 7.88. The summed E-state index contributed by atoms with van der Waals surface area (Å²) < 4.78 is 43.4. The van der Waals surface area contributed by atoms with Gasteiger partial charge in [-0.25, -0.2) is 8.42 Å². The van der Waals surface area contributed by atoms with Crippen molar-refractivity contribution in [3.8, 4) is 0 Å². The van der Waals surface area contributed by atoms with Gasteiger partial charge in [-0.15, -0.1) is 4.31 Å². The van der Waals surface area contributed by atoms with Crippen molar-refractivity contribution in [2.45, 2.75) is 6.55 Å². The summed E-state index contributed by atoms with van der Waals surface area (Å²) in [4.78, 5) is 0. The van der Waals surface area contributed by atoms with Gasteiger partial charge in [0.2, 0.25) is 10.0 Å². The van der Waals surface area contributed by atoms with Crippen molar-refractivity contribution in [3.63, 3.8) is 0 Å². The molecule has 9 heavy (non-hydrogen) atoms. The number of nitrogens with zero attached hydrogens (tertiary/aromatic N) is 1. The second-order valence-electron chi connectivity index (χ2n) is 1.56. The third kappa shape index (κ3) is 2.71. The number of sulfonamides is 1. The van der Waals surface area contributed by atoms with Gasteiger partial charge < -0.3 is 0 Å². The van der Waals surface area contributed by atoms with Crippen LogP contribution in [0.3, 0.4) is 0 Å². The summed E-state index contributed by atoms with van der Waals surface area (Å²) >= 11 is 0. The van der Waals surface area contributed by atoms with E-state index >= 15 is 0 Å². The van der Waals surface area contributed by atoms with Crippen LogP contribution in [0.4, 0.5) is 8.78 Å². The first-order valence-electron chi connectivity index (χ1n) is 2.07. The zero-order valence-electron chi connectivity index (χ0n) is 5.01. The number of rotatable bonds is 2. The summed E-state index contributed by atoms with van der Waals surface area (Å²) in [7, 11) is -2.90. The van der Waals surface area contributed by atoms with Crippen LogP contribution in [0.25, 0.3) is 0 Å². The van der Waals surface area contributed by atoms with Crippen molar-refractivity contribution in [1.82, 2.24) is 4.31 Å². The Morgan fingerprint density at radius 1 is 1.44 bits per heavy atom. The Hall–Kier alpha value is -0.230. The summed E-state index contributed by atoms with van der Waals surface area (Å²) in [5.74, 6) is 0. The highest BCUT2D eigenvalue weighted by Gasteiger charge is 2.19. The maximum absolute atomic E-state index is 11.5. The minimum atomic E-state index is -3.72. The molecule has 0 saturated carbocycles. The van der Waals surface area contributed by atoms with Crippen LogP contribution in [0.5, 0.6) is 0 Å². The Morgan fingerprint density at radius 2 is 1.78 bits per heavy atom. The largest absolute Gasteiger partial charge is 0.306 e. The third-order valence-corrected chi connectivity index (χ3v) is 2.00. The maximum atomic E-state index is 11.5. The standard InChI is InChI=1S/C3H7F2NO2S/c1-6(3(4)5)9(2,7)8/h3H,1-2H3. The van der Waals surface area contributed by atoms with Crippen molar-refractivity contribution in [1.29, 1.82) is 0 Å². The smallest absolute Gasteiger partial charge is 0.212 e. The van der Waals surface area contributed by atoms with Crippen LogP contribution in [0.1, 0.15) is 0 Å². The fraction of sp³-hybridized carbons (Fsp3) is 1.00. The van der Waals surface area contributed by atoms with Crippen LogP contribution in [0.15, 0.2) is 0 Å². The predicted molar refractivity (Wildman–Crippen MR) is 28.6 cm³/mol. The Kier molecular flexibility index (Phi) is 2.50. The normalized spacial score (nSPS) is 13.1. The van der Waals surface area contributed by atoms with Gasteiger partial charge >= 0.3 is 6.55 Å². The lowest BCUT2D eigenvalue weighted by molar-refractivity contribution is 0.0469. The van der Waals surface area contributed by atoms with Gasteiger partial charge in [0.05, 0.1) is 6.26 Å². The molecule has 0 spiro atoms. The van der Waals surface area contributed by atoms with E-state index in [2.05, 4.69) is 0 Å². The molecule has 0 radical (unpaired) electrons. The minimum Gasteiger partial charge on any atom is -0.212 e. The molecule has 0 saturated heterocycles. The lowest BCUT2D eigenvalue weighted by atomic mass is 11.1. The molecule has 0 aromatic carbocycles. The van der Waals surface area contributed by atoms with Gasteiger partial charge in [-0.2, -0.15) is 8.78 Å². The van der Waals surface area contributed by atoms with E-state index in [1.807, 2.05) is 0 Å². The van der Waals surface area contributed by atoms with E-state index in [-0.39, 0.29) is 4.31 Å². The highest BCUT2D eigenvalue weighted by Crippen LogP contribution is 2.03. The summed E-state index contributed by atoms with van der Waals surface area (Å²) in [6.07, 6.45) is 0.721. The van der Waals surface area contributed by atoms with Crippen LogP contribution in [-0.4, -0.2) is 32.6 Å². The van der Waals surface area contributed by atoms with E-state index in [4.69, 9.17) is 0 Å². The molecule has 0 unspecified atom stereocenters. The van der Waals surface area contributed by atoms with Crippen LogP contribution < -0.4 is 0 Å². The second-order valence-corrected chi connectivity index (χ2v) is 3.60. The van der Waals surface area contributed by atoms with E-state index in [0.717, 1.165) is 13.3 Å². The quantitative estimate of drug-likeness (QED) is 0.536. The Labute approximate surface area is 52.3 Å². The van der Waals surface area contributed by atoms with Gasteiger partial charge in [-0.1, -0.05) is 0 Å². The average molecular weight is 159 g/mol. The molecule has 0 aliphatic carbocycles. The van der Waals surface area contributed by atoms with Gasteiger partial charge in [0.1, 0.15) is 0 Å². The Bertz CT molecular complexity index is 176. The molecule has 0 fully saturated rings. The van der Waals surface area contributed by atoms with E-state index in [1.165, 1.54) is 0 Å². The summed E-state index contributed by atoms with van der Waals surface area (Å²) in [5, 5.41) is 0. The summed E-state index contributed by atoms with van der Waals surface area (Å²) in [6.45, 7) is -2.94. The molecule has 56 valence electrons. The molecule has 0 atom stereocenters. The topological polar surface area (TPSA) is 37.4 Å². The van der Waals surface area contributed by atoms with Crippen LogP contribution >= 0.6 is 0 Å². The lowest BCUT2D eigenvalue weighted by Crippen LogP contribution is -2.30. The molecular weight excluding hydrogens is 152 g/mol. The van der Waals surface area contributed by atoms with Gasteiger partial charge in [-0.3, -0.25) is 0 Å². The van der Waals surface area contributed by atoms with Crippen molar-refractivity contribution >= 4 is 10.0 Å². The SMILES string of the molecule is CN(C(F)F)S(C)(=O)=O.